The van der Waals surface area contributed by atoms with Crippen molar-refractivity contribution < 1.29 is 42.6 Å². The first-order valence-electron chi connectivity index (χ1n) is 27.0. The summed E-state index contributed by atoms with van der Waals surface area (Å²) in [6.07, 6.45) is 7.87. The molecule has 7 aromatic carbocycles. The maximum Gasteiger partial charge on any atom is 0.272 e. The van der Waals surface area contributed by atoms with E-state index in [1.54, 1.807) is 46.6 Å². The van der Waals surface area contributed by atoms with Crippen LogP contribution in [0.25, 0.3) is 35.4 Å². The van der Waals surface area contributed by atoms with E-state index >= 15 is 0 Å². The molecule has 0 aliphatic rings. The first-order valence-corrected chi connectivity index (χ1v) is 28.2. The van der Waals surface area contributed by atoms with Gasteiger partial charge in [-0.15, -0.1) is 0 Å². The van der Waals surface area contributed by atoms with Crippen LogP contribution < -0.4 is 18.9 Å². The molecular weight excluding hydrogens is 1060 g/mol. The van der Waals surface area contributed by atoms with Crippen LogP contribution in [0.5, 0.6) is 23.0 Å². The average Bonchev–Trinajstić information content (AvgIpc) is 2.58. The van der Waals surface area contributed by atoms with Crippen molar-refractivity contribution in [1.82, 2.24) is 4.67 Å². The molecule has 0 heterocycles. The van der Waals surface area contributed by atoms with Crippen molar-refractivity contribution in [3.05, 3.63) is 222 Å². The zero-order valence-electron chi connectivity index (χ0n) is 48.1. The Labute approximate surface area is 482 Å². The number of nitrogens with zero attached hydrogens (tertiary/aromatic N) is 4. The first kappa shape index (κ1) is 61.4. The molecule has 7 rings (SSSR count). The number of ether oxygens (including phenoxy) is 5. The van der Waals surface area contributed by atoms with Gasteiger partial charge in [0.2, 0.25) is 0 Å². The van der Waals surface area contributed by atoms with Gasteiger partial charge in [0.15, 0.2) is 0 Å². The van der Waals surface area contributed by atoms with Gasteiger partial charge in [-0.25, -0.2) is 4.67 Å². The minimum Gasteiger partial charge on any atom is -0.497 e. The van der Waals surface area contributed by atoms with Gasteiger partial charge >= 0.3 is 0 Å². The van der Waals surface area contributed by atoms with Gasteiger partial charge in [-0.1, -0.05) is 117 Å². The predicted octanol–water partition coefficient (Wildman–Crippen LogP) is 16.1. The largest absolute Gasteiger partial charge is 0.497 e. The van der Waals surface area contributed by atoms with E-state index in [1.807, 2.05) is 166 Å². The quantitative estimate of drug-likeness (QED) is 0.0113. The second-order valence-electron chi connectivity index (χ2n) is 20.2. The van der Waals surface area contributed by atoms with Crippen LogP contribution in [0.4, 0.5) is 11.4 Å². The summed E-state index contributed by atoms with van der Waals surface area (Å²) in [5, 5.41) is 34.0. The Kier molecular flexibility index (Phi) is 21.7. The fourth-order valence-corrected chi connectivity index (χ4v) is 11.6. The van der Waals surface area contributed by atoms with Gasteiger partial charge < -0.3 is 32.7 Å². The molecule has 3 unspecified atom stereocenters. The summed E-state index contributed by atoms with van der Waals surface area (Å²) in [5.74, 6) is 1.84. The second-order valence-corrected chi connectivity index (χ2v) is 21.6. The molecule has 0 saturated heterocycles. The van der Waals surface area contributed by atoms with Gasteiger partial charge in [-0.3, -0.25) is 20.2 Å². The number of hydrogen-bond donors (Lipinski definition) is 0. The highest BCUT2D eigenvalue weighted by Gasteiger charge is 2.39. The number of benzene rings is 7. The molecular formula is C66H71N4O11P. The standard InChI is InChI=1S/C66H71N4O11P/c1-45(2)68(46(3)4)82(80-38-14-37-67)81-44-48(6)61-40-50(20-36-63(61)70(73)74)18-22-52-24-26-54(42-65(52)78-10)53-25-23-51(64(41-53)77-9)21-17-49-19-35-62(69(71)72)60(39-49)47(5)43-79-66(55-15-12-11-13-16-55,56-27-31-58(75-7)32-28-56)57-29-33-59(76-8)34-30-57/h11-13,15-36,39-42,45-48H,14,38,43-44H2,1-10H3/b21-17+,22-18+. The lowest BCUT2D eigenvalue weighted by molar-refractivity contribution is -0.385. The fraction of sp³-hybridized carbons (Fsp3) is 0.288. The summed E-state index contributed by atoms with van der Waals surface area (Å²) in [7, 11) is 4.94. The lowest BCUT2D eigenvalue weighted by Gasteiger charge is -2.37. The van der Waals surface area contributed by atoms with Crippen molar-refractivity contribution in [3.63, 3.8) is 0 Å². The summed E-state index contributed by atoms with van der Waals surface area (Å²) in [6, 6.07) is 49.7. The van der Waals surface area contributed by atoms with Crippen molar-refractivity contribution in [2.75, 3.05) is 48.3 Å². The average molecular weight is 1130 g/mol. The number of nitro groups is 2. The van der Waals surface area contributed by atoms with Crippen LogP contribution in [0.3, 0.4) is 0 Å². The Hall–Kier alpha value is -8.22. The van der Waals surface area contributed by atoms with E-state index < -0.39 is 20.0 Å². The Morgan fingerprint density at radius 2 is 1.00 bits per heavy atom. The van der Waals surface area contributed by atoms with E-state index in [2.05, 4.69) is 38.4 Å². The monoisotopic (exact) mass is 1130 g/mol. The SMILES string of the molecule is COc1ccc(C(OCC(C)c2cc(/C=C/c3ccc(-c4ccc(/C=C/c5ccc([N+](=O)[O-])c(C(C)COP(OCCC#N)N(C(C)C)C(C)C)c5)c(OC)c4)cc3OC)ccc2[N+](=O)[O-])(c2ccccc2)c2ccc(OC)cc2)cc1. The lowest BCUT2D eigenvalue weighted by atomic mass is 9.79. The zero-order valence-corrected chi connectivity index (χ0v) is 49.0. The maximum atomic E-state index is 12.6. The van der Waals surface area contributed by atoms with Crippen LogP contribution in [0.15, 0.2) is 152 Å². The molecule has 3 atom stereocenters. The predicted molar refractivity (Wildman–Crippen MR) is 325 cm³/mol. The van der Waals surface area contributed by atoms with Crippen LogP contribution >= 0.6 is 8.53 Å². The highest BCUT2D eigenvalue weighted by molar-refractivity contribution is 7.44. The van der Waals surface area contributed by atoms with Crippen molar-refractivity contribution >= 4 is 44.2 Å². The molecule has 0 aliphatic carbocycles. The third-order valence-electron chi connectivity index (χ3n) is 14.1. The van der Waals surface area contributed by atoms with Crippen LogP contribution in [-0.2, 0) is 19.4 Å². The van der Waals surface area contributed by atoms with Crippen molar-refractivity contribution in [2.24, 2.45) is 0 Å². The second kappa shape index (κ2) is 29.0. The highest BCUT2D eigenvalue weighted by Crippen LogP contribution is 2.48. The summed E-state index contributed by atoms with van der Waals surface area (Å²) in [5.41, 5.74) is 7.37. The topological polar surface area (TPSA) is 178 Å². The van der Waals surface area contributed by atoms with E-state index in [1.165, 1.54) is 6.07 Å². The normalized spacial score (nSPS) is 12.9. The molecule has 426 valence electrons. The van der Waals surface area contributed by atoms with Crippen molar-refractivity contribution in [1.29, 1.82) is 5.26 Å². The molecule has 0 fully saturated rings. The van der Waals surface area contributed by atoms with Crippen LogP contribution in [-0.4, -0.2) is 74.9 Å². The van der Waals surface area contributed by atoms with E-state index in [9.17, 15) is 20.2 Å². The molecule has 0 spiro atoms. The first-order chi connectivity index (χ1) is 39.5. The molecule has 0 N–H and O–H groups in total. The third-order valence-corrected chi connectivity index (χ3v) is 16.2. The van der Waals surface area contributed by atoms with Gasteiger partial charge in [0.05, 0.1) is 70.6 Å². The molecule has 0 aromatic heterocycles. The number of rotatable bonds is 28. The van der Waals surface area contributed by atoms with Crippen molar-refractivity contribution in [3.8, 4) is 40.2 Å². The van der Waals surface area contributed by atoms with E-state index in [0.29, 0.717) is 34.1 Å². The molecule has 16 heteroatoms. The third kappa shape index (κ3) is 14.8. The lowest BCUT2D eigenvalue weighted by Crippen LogP contribution is -2.34. The summed E-state index contributed by atoms with van der Waals surface area (Å²) in [6.45, 7) is 12.6. The van der Waals surface area contributed by atoms with Crippen LogP contribution in [0.1, 0.15) is 110 Å². The maximum absolute atomic E-state index is 12.6. The van der Waals surface area contributed by atoms with Gasteiger partial charge in [0, 0.05) is 58.3 Å². The molecule has 82 heavy (non-hydrogen) atoms. The van der Waals surface area contributed by atoms with Crippen LogP contribution in [0.2, 0.25) is 0 Å². The molecule has 15 nitrogen and oxygen atoms in total. The van der Waals surface area contributed by atoms with Gasteiger partial charge in [-0.2, -0.15) is 5.26 Å². The number of methoxy groups -OCH3 is 4. The molecule has 0 aliphatic heterocycles. The van der Waals surface area contributed by atoms with Gasteiger partial charge in [-0.05, 0) is 127 Å². The van der Waals surface area contributed by atoms with Crippen LogP contribution in [0, 0.1) is 31.6 Å². The molecule has 0 saturated carbocycles. The minimum atomic E-state index is -1.53. The Balaban J connectivity index is 1.10. The summed E-state index contributed by atoms with van der Waals surface area (Å²) >= 11 is 0. The minimum absolute atomic E-state index is 0.00188. The number of nitriles is 1. The molecule has 0 bridgehead atoms. The molecule has 0 amide bonds. The van der Waals surface area contributed by atoms with E-state index in [0.717, 1.165) is 50.1 Å². The highest BCUT2D eigenvalue weighted by atomic mass is 31.2. The Morgan fingerprint density at radius 3 is 1.41 bits per heavy atom. The summed E-state index contributed by atoms with van der Waals surface area (Å²) < 4.78 is 44.6. The van der Waals surface area contributed by atoms with Gasteiger partial charge in [0.1, 0.15) is 28.6 Å². The number of nitro benzene ring substituents is 2. The molecule has 0 radical (unpaired) electrons. The zero-order chi connectivity index (χ0) is 58.9. The summed E-state index contributed by atoms with van der Waals surface area (Å²) in [4.78, 5) is 24.1. The Bertz CT molecular complexity index is 3320. The fourth-order valence-electron chi connectivity index (χ4n) is 9.90. The van der Waals surface area contributed by atoms with E-state index in [-0.39, 0.29) is 65.5 Å². The smallest absolute Gasteiger partial charge is 0.272 e. The Morgan fingerprint density at radius 1 is 0.549 bits per heavy atom. The molecule has 7 aromatic rings. The van der Waals surface area contributed by atoms with Gasteiger partial charge in [0.25, 0.3) is 19.9 Å². The van der Waals surface area contributed by atoms with E-state index in [4.69, 9.17) is 38.0 Å². The number of hydrogen-bond acceptors (Lipinski definition) is 13. The van der Waals surface area contributed by atoms with Crippen molar-refractivity contribution in [2.45, 2.75) is 77.5 Å².